The van der Waals surface area contributed by atoms with E-state index in [1.54, 1.807) is 24.6 Å². The summed E-state index contributed by atoms with van der Waals surface area (Å²) in [5.41, 5.74) is 0. The number of fused-ring (bicyclic) bond motifs is 1. The van der Waals surface area contributed by atoms with Gasteiger partial charge in [-0.3, -0.25) is 4.79 Å². The molecule has 4 heterocycles. The summed E-state index contributed by atoms with van der Waals surface area (Å²) in [5.74, 6) is 1.25. The highest BCUT2D eigenvalue weighted by atomic mass is 32.1. The summed E-state index contributed by atoms with van der Waals surface area (Å²) in [7, 11) is 0. The average Bonchev–Trinajstić information content (AvgIpc) is 3.25. The molecule has 2 aliphatic heterocycles. The number of carbonyl (C=O) groups excluding carboxylic acids is 1. The number of aromatic nitrogens is 2. The Balaban J connectivity index is 1.69. The van der Waals surface area contributed by atoms with Gasteiger partial charge in [-0.2, -0.15) is 0 Å². The lowest BCUT2D eigenvalue weighted by atomic mass is 10.0. The Morgan fingerprint density at radius 2 is 2.05 bits per heavy atom. The van der Waals surface area contributed by atoms with Crippen LogP contribution < -0.4 is 4.90 Å². The SMILES string of the molecule is CC(=O)N1CCC[C@H]1[C@H]1CCCN1c1ncnc2sccc12. The molecule has 0 radical (unpaired) electrons. The lowest BCUT2D eigenvalue weighted by molar-refractivity contribution is -0.129. The summed E-state index contributed by atoms with van der Waals surface area (Å²) >= 11 is 1.66. The predicted molar refractivity (Wildman–Crippen MR) is 88.2 cm³/mol. The van der Waals surface area contributed by atoms with E-state index in [1.807, 2.05) is 0 Å². The average molecular weight is 316 g/mol. The molecule has 1 amide bonds. The van der Waals surface area contributed by atoms with Gasteiger partial charge >= 0.3 is 0 Å². The van der Waals surface area contributed by atoms with Crippen LogP contribution in [0.25, 0.3) is 10.2 Å². The summed E-state index contributed by atoms with van der Waals surface area (Å²) in [6.07, 6.45) is 6.21. The molecule has 2 aromatic rings. The molecule has 2 aliphatic rings. The Bertz CT molecular complexity index is 700. The van der Waals surface area contributed by atoms with Crippen molar-refractivity contribution < 1.29 is 4.79 Å². The second-order valence-corrected chi connectivity index (χ2v) is 7.06. The summed E-state index contributed by atoms with van der Waals surface area (Å²) in [6.45, 7) is 3.62. The Morgan fingerprint density at radius 1 is 1.23 bits per heavy atom. The van der Waals surface area contributed by atoms with Gasteiger partial charge in [-0.05, 0) is 37.1 Å². The molecular weight excluding hydrogens is 296 g/mol. The third-order valence-corrected chi connectivity index (χ3v) is 5.78. The van der Waals surface area contributed by atoms with Crippen LogP contribution in [-0.2, 0) is 4.79 Å². The molecular formula is C16H20N4OS. The first-order valence-electron chi connectivity index (χ1n) is 7.98. The van der Waals surface area contributed by atoms with Crippen molar-refractivity contribution in [2.24, 2.45) is 0 Å². The van der Waals surface area contributed by atoms with E-state index in [0.29, 0.717) is 12.1 Å². The zero-order valence-electron chi connectivity index (χ0n) is 12.7. The van der Waals surface area contributed by atoms with Gasteiger partial charge in [0.15, 0.2) is 0 Å². The van der Waals surface area contributed by atoms with Crippen molar-refractivity contribution in [1.29, 1.82) is 0 Å². The third kappa shape index (κ3) is 2.17. The van der Waals surface area contributed by atoms with Crippen LogP contribution in [0.15, 0.2) is 17.8 Å². The smallest absolute Gasteiger partial charge is 0.219 e. The molecule has 22 heavy (non-hydrogen) atoms. The minimum atomic E-state index is 0.206. The third-order valence-electron chi connectivity index (χ3n) is 4.96. The first-order chi connectivity index (χ1) is 10.8. The number of hydrogen-bond acceptors (Lipinski definition) is 5. The van der Waals surface area contributed by atoms with E-state index >= 15 is 0 Å². The summed E-state index contributed by atoms with van der Waals surface area (Å²) < 4.78 is 0. The molecule has 0 aromatic carbocycles. The predicted octanol–water partition coefficient (Wildman–Crippen LogP) is 2.67. The number of likely N-dealkylation sites (tertiary alicyclic amines) is 1. The number of carbonyl (C=O) groups is 1. The standard InChI is InChI=1S/C16H20N4OS/c1-11(21)19-7-2-4-13(19)14-5-3-8-20(14)15-12-6-9-22-16(12)18-10-17-15/h6,9-10,13-14H,2-5,7-8H2,1H3/t13-,14+/m0/s1. The highest BCUT2D eigenvalue weighted by molar-refractivity contribution is 7.16. The van der Waals surface area contributed by atoms with E-state index in [4.69, 9.17) is 0 Å². The first-order valence-corrected chi connectivity index (χ1v) is 8.86. The maximum atomic E-state index is 11.9. The number of amides is 1. The van der Waals surface area contributed by atoms with Gasteiger partial charge < -0.3 is 9.80 Å². The Hall–Kier alpha value is -1.69. The molecule has 116 valence electrons. The van der Waals surface area contributed by atoms with E-state index in [9.17, 15) is 4.79 Å². The largest absolute Gasteiger partial charge is 0.351 e. The highest BCUT2D eigenvalue weighted by Gasteiger charge is 2.39. The van der Waals surface area contributed by atoms with Crippen molar-refractivity contribution >= 4 is 33.3 Å². The first kappa shape index (κ1) is 13.9. The van der Waals surface area contributed by atoms with Crippen molar-refractivity contribution in [3.63, 3.8) is 0 Å². The minimum Gasteiger partial charge on any atom is -0.351 e. The second-order valence-electron chi connectivity index (χ2n) is 6.16. The molecule has 6 heteroatoms. The number of nitrogens with zero attached hydrogens (tertiary/aromatic N) is 4. The summed E-state index contributed by atoms with van der Waals surface area (Å²) in [6, 6.07) is 2.84. The number of rotatable bonds is 2. The Morgan fingerprint density at radius 3 is 2.91 bits per heavy atom. The van der Waals surface area contributed by atoms with Crippen LogP contribution >= 0.6 is 11.3 Å². The summed E-state index contributed by atoms with van der Waals surface area (Å²) in [5, 5.41) is 3.22. The van der Waals surface area contributed by atoms with Gasteiger partial charge in [-0.25, -0.2) is 9.97 Å². The maximum absolute atomic E-state index is 11.9. The molecule has 0 unspecified atom stereocenters. The van der Waals surface area contributed by atoms with Crippen molar-refractivity contribution in [3.8, 4) is 0 Å². The topological polar surface area (TPSA) is 49.3 Å². The molecule has 0 saturated carbocycles. The highest BCUT2D eigenvalue weighted by Crippen LogP contribution is 2.36. The van der Waals surface area contributed by atoms with Crippen LogP contribution in [0.4, 0.5) is 5.82 Å². The molecule has 4 rings (SSSR count). The fourth-order valence-electron chi connectivity index (χ4n) is 4.04. The van der Waals surface area contributed by atoms with E-state index in [0.717, 1.165) is 48.4 Å². The normalized spacial score (nSPS) is 25.3. The lowest BCUT2D eigenvalue weighted by Gasteiger charge is -2.35. The van der Waals surface area contributed by atoms with Crippen LogP contribution in [0.2, 0.25) is 0 Å². The quantitative estimate of drug-likeness (QED) is 0.855. The van der Waals surface area contributed by atoms with Gasteiger partial charge in [0.05, 0.1) is 17.5 Å². The van der Waals surface area contributed by atoms with E-state index in [2.05, 4.69) is 31.2 Å². The van der Waals surface area contributed by atoms with Gasteiger partial charge in [0.1, 0.15) is 17.0 Å². The van der Waals surface area contributed by atoms with Gasteiger partial charge in [0.2, 0.25) is 5.91 Å². The Kier molecular flexibility index (Phi) is 3.48. The Labute approximate surface area is 134 Å². The minimum absolute atomic E-state index is 0.206. The lowest BCUT2D eigenvalue weighted by Crippen LogP contribution is -2.48. The molecule has 0 N–H and O–H groups in total. The monoisotopic (exact) mass is 316 g/mol. The van der Waals surface area contributed by atoms with Gasteiger partial charge in [0, 0.05) is 20.0 Å². The fourth-order valence-corrected chi connectivity index (χ4v) is 4.77. The number of thiophene rings is 1. The fraction of sp³-hybridized carbons (Fsp3) is 0.562. The van der Waals surface area contributed by atoms with Gasteiger partial charge in [0.25, 0.3) is 0 Å². The van der Waals surface area contributed by atoms with Crippen LogP contribution in [0, 0.1) is 0 Å². The van der Waals surface area contributed by atoms with E-state index < -0.39 is 0 Å². The molecule has 5 nitrogen and oxygen atoms in total. The van der Waals surface area contributed by atoms with Crippen molar-refractivity contribution in [1.82, 2.24) is 14.9 Å². The molecule has 2 atom stereocenters. The van der Waals surface area contributed by atoms with Gasteiger partial charge in [-0.15, -0.1) is 11.3 Å². The maximum Gasteiger partial charge on any atom is 0.219 e. The molecule has 2 aromatic heterocycles. The van der Waals surface area contributed by atoms with E-state index in [1.165, 1.54) is 6.42 Å². The van der Waals surface area contributed by atoms with Crippen LogP contribution in [0.3, 0.4) is 0 Å². The van der Waals surface area contributed by atoms with E-state index in [-0.39, 0.29) is 5.91 Å². The van der Waals surface area contributed by atoms with Gasteiger partial charge in [-0.1, -0.05) is 0 Å². The zero-order valence-corrected chi connectivity index (χ0v) is 13.6. The molecule has 2 saturated heterocycles. The van der Waals surface area contributed by atoms with Crippen LogP contribution in [-0.4, -0.2) is 45.9 Å². The van der Waals surface area contributed by atoms with Crippen molar-refractivity contribution in [3.05, 3.63) is 17.8 Å². The molecule has 0 bridgehead atoms. The van der Waals surface area contributed by atoms with Crippen molar-refractivity contribution in [2.75, 3.05) is 18.0 Å². The van der Waals surface area contributed by atoms with Crippen molar-refractivity contribution in [2.45, 2.75) is 44.7 Å². The zero-order chi connectivity index (χ0) is 15.1. The molecule has 0 spiro atoms. The number of hydrogen-bond donors (Lipinski definition) is 0. The molecule has 0 aliphatic carbocycles. The van der Waals surface area contributed by atoms with Crippen LogP contribution in [0.1, 0.15) is 32.6 Å². The second kappa shape index (κ2) is 5.50. The molecule has 2 fully saturated rings. The van der Waals surface area contributed by atoms with Crippen LogP contribution in [0.5, 0.6) is 0 Å². The number of anilines is 1. The summed E-state index contributed by atoms with van der Waals surface area (Å²) in [4.78, 5) is 26.4.